The molecule has 76 valence electrons. The lowest BCUT2D eigenvalue weighted by Crippen LogP contribution is -2.60. The molecule has 4 nitrogen and oxygen atoms in total. The van der Waals surface area contributed by atoms with Crippen LogP contribution in [0.2, 0.25) is 0 Å². The first-order valence-electron chi connectivity index (χ1n) is 4.65. The third kappa shape index (κ3) is 1.86. The molecule has 0 aromatic carbocycles. The SMILES string of the molecule is COc1cccc(CC2(O)CNC2)n1. The lowest BCUT2D eigenvalue weighted by molar-refractivity contribution is -0.00987. The van der Waals surface area contributed by atoms with E-state index in [1.807, 2.05) is 12.1 Å². The summed E-state index contributed by atoms with van der Waals surface area (Å²) in [5.74, 6) is 0.596. The van der Waals surface area contributed by atoms with Gasteiger partial charge in [0, 0.05) is 31.3 Å². The van der Waals surface area contributed by atoms with E-state index in [0.717, 1.165) is 5.69 Å². The molecule has 0 bridgehead atoms. The first-order valence-corrected chi connectivity index (χ1v) is 4.65. The Bertz CT molecular complexity index is 324. The molecule has 2 rings (SSSR count). The molecular formula is C10H14N2O2. The number of hydrogen-bond acceptors (Lipinski definition) is 4. The minimum absolute atomic E-state index is 0.581. The average molecular weight is 194 g/mol. The number of nitrogens with one attached hydrogen (secondary N) is 1. The van der Waals surface area contributed by atoms with Crippen LogP contribution in [0.3, 0.4) is 0 Å². The minimum Gasteiger partial charge on any atom is -0.481 e. The molecule has 4 heteroatoms. The van der Waals surface area contributed by atoms with Crippen molar-refractivity contribution in [3.05, 3.63) is 23.9 Å². The predicted octanol–water partition coefficient (Wildman–Crippen LogP) is -0.0330. The minimum atomic E-state index is -0.612. The Morgan fingerprint density at radius 1 is 1.57 bits per heavy atom. The second-order valence-corrected chi connectivity index (χ2v) is 3.68. The third-order valence-corrected chi connectivity index (χ3v) is 2.41. The van der Waals surface area contributed by atoms with Gasteiger partial charge in [0.15, 0.2) is 0 Å². The van der Waals surface area contributed by atoms with E-state index >= 15 is 0 Å². The van der Waals surface area contributed by atoms with Crippen LogP contribution in [0, 0.1) is 0 Å². The van der Waals surface area contributed by atoms with Crippen molar-refractivity contribution < 1.29 is 9.84 Å². The number of β-amino-alcohol motifs (C(OH)–C–C–N with tert-alkyl or cyclic N) is 1. The van der Waals surface area contributed by atoms with Gasteiger partial charge in [-0.2, -0.15) is 0 Å². The van der Waals surface area contributed by atoms with E-state index in [9.17, 15) is 5.11 Å². The first kappa shape index (κ1) is 9.43. The fourth-order valence-electron chi connectivity index (χ4n) is 1.55. The van der Waals surface area contributed by atoms with Crippen LogP contribution in [0.1, 0.15) is 5.69 Å². The Morgan fingerprint density at radius 3 is 2.93 bits per heavy atom. The summed E-state index contributed by atoms with van der Waals surface area (Å²) in [6.07, 6.45) is 0.581. The Kier molecular flexibility index (Phi) is 2.39. The maximum absolute atomic E-state index is 9.88. The van der Waals surface area contributed by atoms with Gasteiger partial charge in [-0.25, -0.2) is 4.98 Å². The van der Waals surface area contributed by atoms with Crippen molar-refractivity contribution in [2.45, 2.75) is 12.0 Å². The van der Waals surface area contributed by atoms with Gasteiger partial charge in [0.2, 0.25) is 5.88 Å². The molecule has 1 aromatic heterocycles. The molecule has 1 aliphatic heterocycles. The Labute approximate surface area is 82.9 Å². The molecule has 1 aromatic rings. The van der Waals surface area contributed by atoms with Gasteiger partial charge in [-0.15, -0.1) is 0 Å². The van der Waals surface area contributed by atoms with E-state index in [-0.39, 0.29) is 0 Å². The molecule has 0 aliphatic carbocycles. The maximum Gasteiger partial charge on any atom is 0.213 e. The Balaban J connectivity index is 2.08. The van der Waals surface area contributed by atoms with Crippen molar-refractivity contribution >= 4 is 0 Å². The molecule has 0 saturated carbocycles. The van der Waals surface area contributed by atoms with Crippen LogP contribution in [0.5, 0.6) is 5.88 Å². The highest BCUT2D eigenvalue weighted by molar-refractivity contribution is 5.18. The summed E-state index contributed by atoms with van der Waals surface area (Å²) in [4.78, 5) is 4.25. The number of ether oxygens (including phenoxy) is 1. The number of aliphatic hydroxyl groups is 1. The van der Waals surface area contributed by atoms with E-state index in [1.165, 1.54) is 0 Å². The lowest BCUT2D eigenvalue weighted by Gasteiger charge is -2.37. The molecule has 2 N–H and O–H groups in total. The molecular weight excluding hydrogens is 180 g/mol. The predicted molar refractivity (Wildman–Crippen MR) is 52.3 cm³/mol. The molecule has 2 heterocycles. The van der Waals surface area contributed by atoms with Gasteiger partial charge in [-0.05, 0) is 6.07 Å². The van der Waals surface area contributed by atoms with Crippen LogP contribution in [0.15, 0.2) is 18.2 Å². The number of nitrogens with zero attached hydrogens (tertiary/aromatic N) is 1. The quantitative estimate of drug-likeness (QED) is 0.709. The van der Waals surface area contributed by atoms with Crippen LogP contribution < -0.4 is 10.1 Å². The highest BCUT2D eigenvalue weighted by atomic mass is 16.5. The molecule has 0 unspecified atom stereocenters. The van der Waals surface area contributed by atoms with Gasteiger partial charge in [0.1, 0.15) is 0 Å². The summed E-state index contributed by atoms with van der Waals surface area (Å²) in [6, 6.07) is 5.59. The molecule has 14 heavy (non-hydrogen) atoms. The molecule has 0 spiro atoms. The summed E-state index contributed by atoms with van der Waals surface area (Å²) in [7, 11) is 1.59. The molecule has 0 radical (unpaired) electrons. The van der Waals surface area contributed by atoms with Crippen molar-refractivity contribution in [1.82, 2.24) is 10.3 Å². The number of methoxy groups -OCH3 is 1. The zero-order valence-electron chi connectivity index (χ0n) is 8.16. The Morgan fingerprint density at radius 2 is 2.36 bits per heavy atom. The van der Waals surface area contributed by atoms with E-state index < -0.39 is 5.60 Å². The summed E-state index contributed by atoms with van der Waals surface area (Å²) in [6.45, 7) is 1.29. The lowest BCUT2D eigenvalue weighted by atomic mass is 9.91. The molecule has 0 amide bonds. The van der Waals surface area contributed by atoms with E-state index in [0.29, 0.717) is 25.4 Å². The normalized spacial score (nSPS) is 18.7. The average Bonchev–Trinajstić information content (AvgIpc) is 2.16. The molecule has 1 saturated heterocycles. The van der Waals surface area contributed by atoms with Crippen molar-refractivity contribution in [2.24, 2.45) is 0 Å². The first-order chi connectivity index (χ1) is 6.72. The van der Waals surface area contributed by atoms with Gasteiger partial charge < -0.3 is 15.2 Å². The standard InChI is InChI=1S/C10H14N2O2/c1-14-9-4-2-3-8(12-9)5-10(13)6-11-7-10/h2-4,11,13H,5-7H2,1H3. The summed E-state index contributed by atoms with van der Waals surface area (Å²) in [5, 5.41) is 12.9. The van der Waals surface area contributed by atoms with Crippen molar-refractivity contribution in [1.29, 1.82) is 0 Å². The second-order valence-electron chi connectivity index (χ2n) is 3.68. The van der Waals surface area contributed by atoms with Crippen molar-refractivity contribution in [3.8, 4) is 5.88 Å². The van der Waals surface area contributed by atoms with Crippen LogP contribution in [0.25, 0.3) is 0 Å². The second kappa shape index (κ2) is 3.55. The van der Waals surface area contributed by atoms with Crippen molar-refractivity contribution in [3.63, 3.8) is 0 Å². The third-order valence-electron chi connectivity index (χ3n) is 2.41. The van der Waals surface area contributed by atoms with E-state index in [1.54, 1.807) is 13.2 Å². The van der Waals surface area contributed by atoms with Crippen LogP contribution >= 0.6 is 0 Å². The fourth-order valence-corrected chi connectivity index (χ4v) is 1.55. The summed E-state index contributed by atoms with van der Waals surface area (Å²) >= 11 is 0. The molecule has 1 fully saturated rings. The number of pyridine rings is 1. The van der Waals surface area contributed by atoms with Gasteiger partial charge in [0.05, 0.1) is 12.7 Å². The number of rotatable bonds is 3. The zero-order valence-corrected chi connectivity index (χ0v) is 8.16. The van der Waals surface area contributed by atoms with E-state index in [2.05, 4.69) is 10.3 Å². The summed E-state index contributed by atoms with van der Waals surface area (Å²) < 4.78 is 5.01. The zero-order chi connectivity index (χ0) is 10.0. The largest absolute Gasteiger partial charge is 0.481 e. The molecule has 1 aliphatic rings. The smallest absolute Gasteiger partial charge is 0.213 e. The van der Waals surface area contributed by atoms with Crippen LogP contribution in [-0.4, -0.2) is 35.9 Å². The number of aromatic nitrogens is 1. The molecule has 0 atom stereocenters. The van der Waals surface area contributed by atoms with Gasteiger partial charge in [-0.1, -0.05) is 6.07 Å². The highest BCUT2D eigenvalue weighted by Crippen LogP contribution is 2.17. The maximum atomic E-state index is 9.88. The van der Waals surface area contributed by atoms with Gasteiger partial charge in [-0.3, -0.25) is 0 Å². The van der Waals surface area contributed by atoms with E-state index in [4.69, 9.17) is 4.74 Å². The number of hydrogen-bond donors (Lipinski definition) is 2. The van der Waals surface area contributed by atoms with Crippen LogP contribution in [-0.2, 0) is 6.42 Å². The van der Waals surface area contributed by atoms with Crippen LogP contribution in [0.4, 0.5) is 0 Å². The summed E-state index contributed by atoms with van der Waals surface area (Å²) in [5.41, 5.74) is 0.257. The monoisotopic (exact) mass is 194 g/mol. The highest BCUT2D eigenvalue weighted by Gasteiger charge is 2.34. The fraction of sp³-hybridized carbons (Fsp3) is 0.500. The van der Waals surface area contributed by atoms with Gasteiger partial charge >= 0.3 is 0 Å². The Hall–Kier alpha value is -1.13. The van der Waals surface area contributed by atoms with Crippen molar-refractivity contribution in [2.75, 3.05) is 20.2 Å². The van der Waals surface area contributed by atoms with Gasteiger partial charge in [0.25, 0.3) is 0 Å². The topological polar surface area (TPSA) is 54.4 Å².